The van der Waals surface area contributed by atoms with Gasteiger partial charge in [-0.25, -0.2) is 19.2 Å². The van der Waals surface area contributed by atoms with Crippen molar-refractivity contribution in [3.8, 4) is 17.2 Å². The Bertz CT molecular complexity index is 3210. The second-order valence-corrected chi connectivity index (χ2v) is 26.2. The number of carbonyl (C=O) groups is 5. The van der Waals surface area contributed by atoms with Gasteiger partial charge in [-0.1, -0.05) is 152 Å². The first kappa shape index (κ1) is 96.2. The van der Waals surface area contributed by atoms with E-state index in [-0.39, 0.29) is 17.9 Å². The summed E-state index contributed by atoms with van der Waals surface area (Å²) in [5, 5.41) is 26.2. The number of halogens is 1. The highest BCUT2D eigenvalue weighted by Gasteiger charge is 2.20. The molecule has 0 unspecified atom stereocenters. The number of likely N-dealkylation sites (N-methyl/N-ethyl adjacent to an activating group) is 3. The summed E-state index contributed by atoms with van der Waals surface area (Å²) < 4.78 is 31.6. The second kappa shape index (κ2) is 60.3. The number of rotatable bonds is 48. The van der Waals surface area contributed by atoms with E-state index in [4.69, 9.17) is 40.0 Å². The van der Waals surface area contributed by atoms with E-state index in [0.717, 1.165) is 189 Å². The van der Waals surface area contributed by atoms with Crippen LogP contribution >= 0.6 is 11.6 Å². The Morgan fingerprint density at radius 1 is 0.453 bits per heavy atom. The van der Waals surface area contributed by atoms with E-state index < -0.39 is 11.9 Å². The fourth-order valence-electron chi connectivity index (χ4n) is 10.7. The minimum atomic E-state index is -0.836. The van der Waals surface area contributed by atoms with Crippen LogP contribution in [0.25, 0.3) is 0 Å². The molecular formula is C85H137ClN8O12. The number of ether oxygens (including phenoxy) is 6. The lowest BCUT2D eigenvalue weighted by Gasteiger charge is -2.27. The third-order valence-electron chi connectivity index (χ3n) is 17.4. The van der Waals surface area contributed by atoms with Gasteiger partial charge in [-0.15, -0.1) is 0 Å². The van der Waals surface area contributed by atoms with Gasteiger partial charge < -0.3 is 74.8 Å². The summed E-state index contributed by atoms with van der Waals surface area (Å²) >= 11 is 6.28. The molecule has 0 aliphatic heterocycles. The van der Waals surface area contributed by atoms with Gasteiger partial charge in [-0.2, -0.15) is 0 Å². The molecule has 5 rings (SSSR count). The van der Waals surface area contributed by atoms with Crippen molar-refractivity contribution in [2.45, 2.75) is 207 Å². The van der Waals surface area contributed by atoms with Gasteiger partial charge in [0.15, 0.2) is 0 Å². The summed E-state index contributed by atoms with van der Waals surface area (Å²) in [5.74, 6) is -0.527. The summed E-state index contributed by atoms with van der Waals surface area (Å²) in [5.41, 5.74) is 10.3. The van der Waals surface area contributed by atoms with E-state index in [0.29, 0.717) is 77.4 Å². The van der Waals surface area contributed by atoms with Gasteiger partial charge in [0.05, 0.1) is 36.1 Å². The third kappa shape index (κ3) is 40.3. The molecule has 6 N–H and O–H groups in total. The Hall–Kier alpha value is -7.78. The number of esters is 4. The van der Waals surface area contributed by atoms with Crippen LogP contribution in [0.1, 0.15) is 244 Å². The van der Waals surface area contributed by atoms with Crippen LogP contribution < -0.4 is 45.7 Å². The summed E-state index contributed by atoms with van der Waals surface area (Å²) in [6.45, 7) is 44.7. The Kier molecular flexibility index (Phi) is 54.7. The minimum absolute atomic E-state index is 0.258. The molecule has 0 spiro atoms. The number of aromatic carboxylic acids is 1. The van der Waals surface area contributed by atoms with Crippen molar-refractivity contribution in [3.63, 3.8) is 0 Å². The molecule has 20 nitrogen and oxygen atoms in total. The molecule has 0 heterocycles. The molecule has 0 radical (unpaired) electrons. The number of carboxylic acid groups (broad SMARTS) is 1. The van der Waals surface area contributed by atoms with E-state index in [9.17, 15) is 29.1 Å². The van der Waals surface area contributed by atoms with Crippen molar-refractivity contribution in [1.29, 1.82) is 0 Å². The van der Waals surface area contributed by atoms with Crippen molar-refractivity contribution in [2.75, 3.05) is 152 Å². The topological polar surface area (TPSA) is 231 Å². The van der Waals surface area contributed by atoms with Crippen LogP contribution in [0.3, 0.4) is 0 Å². The molecule has 5 aromatic carbocycles. The lowest BCUT2D eigenvalue weighted by molar-refractivity contribution is -0.131. The van der Waals surface area contributed by atoms with Crippen LogP contribution in [0.2, 0.25) is 5.02 Å². The maximum atomic E-state index is 12.3. The molecule has 0 bridgehead atoms. The number of benzene rings is 5. The first-order valence-corrected chi connectivity index (χ1v) is 39.7. The molecule has 5 aromatic rings. The molecule has 596 valence electrons. The Balaban J connectivity index is 0.000000666. The standard InChI is InChI=1S/C20H33NO2.C18H29ClN2O3.C18H30N2O3.C16H26N2O2.C13H19NO2/c1-4-7-10-11-17-12-13-18(20(22)23)16-19(17)21(14-8-5-2)15-9-6-3;1-5-8-9-20-16-13-17(23-4)14(12-15(16)19)18(22)24-11-10-21(6-2)7-3;1-5-8-11-19-15-9-10-16(17(14-15)22-4)18(21)23-13-12-20(6-2)7-3;1-4-6-9-18-15-8-7-14(12-13(15)3)16(19)20-11-10-17-5-2;1-4-5-8-14-13-7-6-12(9-10(13)2)16-11(3)15/h12-13,16H,4-11,14-15H2,1-3H3,(H,22,23);12-13,20H,5-11H2,1-4H3;9-10,14,19H,5-8,11-13H2,1-4H3;7-8,12,17-18H,4-6,9-11H2,1-3H3;6-7,9,14H,4-5,8H2,1-3H3. The van der Waals surface area contributed by atoms with Gasteiger partial charge in [0.2, 0.25) is 0 Å². The number of hydrogen-bond donors (Lipinski definition) is 6. The lowest BCUT2D eigenvalue weighted by Crippen LogP contribution is -2.28. The molecule has 106 heavy (non-hydrogen) atoms. The summed E-state index contributed by atoms with van der Waals surface area (Å²) in [6.07, 6.45) is 18.3. The number of carbonyl (C=O) groups excluding carboxylic acids is 4. The molecule has 0 aromatic heterocycles. The third-order valence-corrected chi connectivity index (χ3v) is 17.7. The fraction of sp³-hybridized carbons (Fsp3) is 0.588. The number of carboxylic acids is 1. The van der Waals surface area contributed by atoms with Crippen LogP contribution in [-0.2, 0) is 25.4 Å². The van der Waals surface area contributed by atoms with Gasteiger partial charge >= 0.3 is 29.8 Å². The zero-order valence-corrected chi connectivity index (χ0v) is 68.8. The predicted octanol–water partition coefficient (Wildman–Crippen LogP) is 19.1. The minimum Gasteiger partial charge on any atom is -0.496 e. The Morgan fingerprint density at radius 2 is 0.934 bits per heavy atom. The smallest absolute Gasteiger partial charge is 0.342 e. The van der Waals surface area contributed by atoms with E-state index in [2.05, 4.69) is 117 Å². The number of nitrogens with one attached hydrogen (secondary N) is 5. The van der Waals surface area contributed by atoms with E-state index >= 15 is 0 Å². The number of hydrogen-bond acceptors (Lipinski definition) is 19. The highest BCUT2D eigenvalue weighted by molar-refractivity contribution is 6.33. The second-order valence-electron chi connectivity index (χ2n) is 25.8. The van der Waals surface area contributed by atoms with Crippen LogP contribution in [0.5, 0.6) is 17.2 Å². The summed E-state index contributed by atoms with van der Waals surface area (Å²) in [7, 11) is 3.10. The normalized spacial score (nSPS) is 10.5. The molecule has 0 aliphatic rings. The van der Waals surface area contributed by atoms with Crippen molar-refractivity contribution in [2.24, 2.45) is 0 Å². The number of methoxy groups -OCH3 is 2. The van der Waals surface area contributed by atoms with Gasteiger partial charge in [-0.3, -0.25) is 4.79 Å². The van der Waals surface area contributed by atoms with Gasteiger partial charge in [0.25, 0.3) is 0 Å². The highest BCUT2D eigenvalue weighted by atomic mass is 35.5. The molecular weight excluding hydrogens is 1360 g/mol. The zero-order chi connectivity index (χ0) is 78.9. The average molecular weight is 1500 g/mol. The fourth-order valence-corrected chi connectivity index (χ4v) is 10.9. The number of anilines is 5. The maximum Gasteiger partial charge on any atom is 0.342 e. The van der Waals surface area contributed by atoms with E-state index in [1.165, 1.54) is 51.7 Å². The first-order chi connectivity index (χ1) is 51.2. The predicted molar refractivity (Wildman–Crippen MR) is 442 cm³/mol. The summed E-state index contributed by atoms with van der Waals surface area (Å²) in [4.78, 5) is 65.3. The highest BCUT2D eigenvalue weighted by Crippen LogP contribution is 2.32. The van der Waals surface area contributed by atoms with Crippen LogP contribution in [0.4, 0.5) is 28.4 Å². The Labute approximate surface area is 643 Å². The Morgan fingerprint density at radius 3 is 1.42 bits per heavy atom. The van der Waals surface area contributed by atoms with Crippen molar-refractivity contribution >= 4 is 69.9 Å². The lowest BCUT2D eigenvalue weighted by atomic mass is 10.0. The first-order valence-electron chi connectivity index (χ1n) is 39.4. The average Bonchev–Trinajstić information content (AvgIpc) is 0.847. The molecule has 0 saturated heterocycles. The van der Waals surface area contributed by atoms with Crippen molar-refractivity contribution in [3.05, 3.63) is 129 Å². The molecule has 0 aliphatic carbocycles. The monoisotopic (exact) mass is 1500 g/mol. The largest absolute Gasteiger partial charge is 0.496 e. The van der Waals surface area contributed by atoms with Gasteiger partial charge in [0, 0.05) is 101 Å². The molecule has 0 saturated carbocycles. The SMILES string of the molecule is CCCCCc1ccc(C(=O)O)cc1N(CCCC)CCCC.CCCCNc1cc(OC)c(C(=O)OCCN(CC)CC)cc1Cl.CCCCNc1ccc(C(=O)OCCN(CC)CC)c(OC)c1.CCCCNc1ccc(C(=O)OCCNCC)cc1C.CCCCNc1ccc(OC(C)=O)cc1C. The van der Waals surface area contributed by atoms with Crippen LogP contribution in [0, 0.1) is 13.8 Å². The summed E-state index contributed by atoms with van der Waals surface area (Å²) in [6, 6.07) is 25.8. The van der Waals surface area contributed by atoms with Crippen LogP contribution in [0.15, 0.2) is 84.9 Å². The number of unbranched alkanes of at least 4 members (excludes halogenated alkanes) is 8. The van der Waals surface area contributed by atoms with Crippen LogP contribution in [-0.4, -0.2) is 170 Å². The zero-order valence-electron chi connectivity index (χ0n) is 68.1. The maximum absolute atomic E-state index is 12.3. The van der Waals surface area contributed by atoms with E-state index in [1.807, 2.05) is 81.4 Å². The van der Waals surface area contributed by atoms with Crippen molar-refractivity contribution in [1.82, 2.24) is 15.1 Å². The molecule has 0 amide bonds. The number of aryl methyl sites for hydroxylation is 3. The molecule has 0 atom stereocenters. The van der Waals surface area contributed by atoms with Gasteiger partial charge in [-0.05, 0) is 181 Å². The van der Waals surface area contributed by atoms with Gasteiger partial charge in [0.1, 0.15) is 48.2 Å². The number of nitrogens with zero attached hydrogens (tertiary/aromatic N) is 3. The quantitative estimate of drug-likeness (QED) is 0.00920. The molecule has 21 heteroatoms. The molecule has 0 fully saturated rings. The van der Waals surface area contributed by atoms with Crippen molar-refractivity contribution < 1.29 is 57.5 Å². The van der Waals surface area contributed by atoms with E-state index in [1.54, 1.807) is 31.4 Å².